The van der Waals surface area contributed by atoms with Crippen molar-refractivity contribution in [1.82, 2.24) is 30.6 Å². The van der Waals surface area contributed by atoms with Crippen LogP contribution in [-0.2, 0) is 6.54 Å². The summed E-state index contributed by atoms with van der Waals surface area (Å²) in [5, 5.41) is 17.8. The number of hydrogen-bond donors (Lipinski definition) is 2. The molecule has 9 heteroatoms. The van der Waals surface area contributed by atoms with Gasteiger partial charge in [-0.3, -0.25) is 0 Å². The van der Waals surface area contributed by atoms with Crippen LogP contribution in [0.2, 0.25) is 0 Å². The summed E-state index contributed by atoms with van der Waals surface area (Å²) in [6, 6.07) is 25.2. The van der Waals surface area contributed by atoms with Crippen molar-refractivity contribution in [2.24, 2.45) is 5.92 Å². The van der Waals surface area contributed by atoms with Crippen LogP contribution < -0.4 is 10.2 Å². The minimum absolute atomic E-state index is 0.288. The van der Waals surface area contributed by atoms with Gasteiger partial charge in [-0.25, -0.2) is 9.97 Å². The van der Waals surface area contributed by atoms with Gasteiger partial charge in [0.05, 0.1) is 11.4 Å². The van der Waals surface area contributed by atoms with E-state index >= 15 is 0 Å². The number of benzene rings is 2. The second kappa shape index (κ2) is 10.9. The first kappa shape index (κ1) is 24.1. The minimum atomic E-state index is -0.571. The van der Waals surface area contributed by atoms with Gasteiger partial charge in [0.2, 0.25) is 11.8 Å². The van der Waals surface area contributed by atoms with E-state index < -0.39 is 5.95 Å². The lowest BCUT2D eigenvalue weighted by Crippen LogP contribution is -2.28. The van der Waals surface area contributed by atoms with Crippen molar-refractivity contribution < 1.29 is 4.39 Å². The summed E-state index contributed by atoms with van der Waals surface area (Å²) in [4.78, 5) is 11.1. The third-order valence-corrected chi connectivity index (χ3v) is 5.76. The maximum Gasteiger partial charge on any atom is 0.236 e. The van der Waals surface area contributed by atoms with Crippen molar-refractivity contribution in [3.8, 4) is 22.6 Å². The van der Waals surface area contributed by atoms with Crippen molar-refractivity contribution in [2.45, 2.75) is 20.4 Å². The van der Waals surface area contributed by atoms with Crippen LogP contribution in [0, 0.1) is 11.9 Å². The van der Waals surface area contributed by atoms with Crippen LogP contribution >= 0.6 is 0 Å². The van der Waals surface area contributed by atoms with Crippen LogP contribution in [-0.4, -0.2) is 37.1 Å². The lowest BCUT2D eigenvalue weighted by Gasteiger charge is -2.27. The number of tetrazole rings is 1. The number of nitrogens with one attached hydrogen (secondary N) is 2. The standard InChI is InChI=1S/C28H27FN8/c1-19(2)17-37(18-20-9-4-3-5-10-20)26-16-21(31-24-13-8-14-30-27(24)29)15-25(32-26)22-11-6-7-12-23(22)28-33-35-36-34-28/h3-16,19H,17-18H2,1-2H3,(H,31,32)(H,33,34,35,36). The third-order valence-electron chi connectivity index (χ3n) is 5.76. The van der Waals surface area contributed by atoms with Gasteiger partial charge in [-0.1, -0.05) is 68.4 Å². The number of nitrogens with zero attached hydrogens (tertiary/aromatic N) is 6. The Bertz CT molecular complexity index is 1450. The topological polar surface area (TPSA) is 95.5 Å². The molecule has 0 unspecified atom stereocenters. The number of aromatic amines is 1. The molecule has 0 aliphatic carbocycles. The molecule has 0 saturated carbocycles. The van der Waals surface area contributed by atoms with Gasteiger partial charge >= 0.3 is 0 Å². The quantitative estimate of drug-likeness (QED) is 0.248. The van der Waals surface area contributed by atoms with E-state index in [0.717, 1.165) is 23.5 Å². The molecular weight excluding hydrogens is 467 g/mol. The van der Waals surface area contributed by atoms with E-state index in [9.17, 15) is 4.39 Å². The molecule has 0 fully saturated rings. The van der Waals surface area contributed by atoms with Gasteiger partial charge in [-0.15, -0.1) is 10.2 Å². The molecule has 0 aliphatic heterocycles. The Labute approximate surface area is 214 Å². The van der Waals surface area contributed by atoms with E-state index in [1.54, 1.807) is 12.1 Å². The van der Waals surface area contributed by atoms with Crippen LogP contribution in [0.25, 0.3) is 22.6 Å². The lowest BCUT2D eigenvalue weighted by atomic mass is 10.0. The summed E-state index contributed by atoms with van der Waals surface area (Å²) in [6.45, 7) is 5.83. The molecule has 0 saturated heterocycles. The van der Waals surface area contributed by atoms with Crippen LogP contribution in [0.15, 0.2) is 85.1 Å². The van der Waals surface area contributed by atoms with E-state index in [4.69, 9.17) is 4.98 Å². The zero-order valence-corrected chi connectivity index (χ0v) is 20.6. The average molecular weight is 495 g/mol. The maximum absolute atomic E-state index is 14.4. The second-order valence-electron chi connectivity index (χ2n) is 9.11. The predicted octanol–water partition coefficient (Wildman–Crippen LogP) is 5.87. The zero-order chi connectivity index (χ0) is 25.6. The molecular formula is C28H27FN8. The van der Waals surface area contributed by atoms with Gasteiger partial charge < -0.3 is 10.2 Å². The molecule has 8 nitrogen and oxygen atoms in total. The number of H-pyrrole nitrogens is 1. The first-order chi connectivity index (χ1) is 18.1. The molecule has 186 valence electrons. The highest BCUT2D eigenvalue weighted by Crippen LogP contribution is 2.33. The fourth-order valence-corrected chi connectivity index (χ4v) is 4.18. The van der Waals surface area contributed by atoms with E-state index in [2.05, 4.69) is 61.8 Å². The second-order valence-corrected chi connectivity index (χ2v) is 9.11. The first-order valence-corrected chi connectivity index (χ1v) is 12.1. The third kappa shape index (κ3) is 5.78. The van der Waals surface area contributed by atoms with Crippen LogP contribution in [0.4, 0.5) is 21.6 Å². The summed E-state index contributed by atoms with van der Waals surface area (Å²) in [6.07, 6.45) is 1.43. The van der Waals surface area contributed by atoms with Gasteiger partial charge in [-0.05, 0) is 34.9 Å². The van der Waals surface area contributed by atoms with Crippen LogP contribution in [0.3, 0.4) is 0 Å². The average Bonchev–Trinajstić information content (AvgIpc) is 3.45. The smallest absolute Gasteiger partial charge is 0.236 e. The zero-order valence-electron chi connectivity index (χ0n) is 20.6. The predicted molar refractivity (Wildman–Crippen MR) is 143 cm³/mol. The summed E-state index contributed by atoms with van der Waals surface area (Å²) in [7, 11) is 0. The molecule has 0 spiro atoms. The summed E-state index contributed by atoms with van der Waals surface area (Å²) in [5.74, 6) is 1.06. The normalized spacial score (nSPS) is 11.0. The van der Waals surface area contributed by atoms with E-state index in [0.29, 0.717) is 29.7 Å². The number of rotatable bonds is 9. The van der Waals surface area contributed by atoms with Crippen LogP contribution in [0.5, 0.6) is 0 Å². The molecule has 0 aliphatic rings. The first-order valence-electron chi connectivity index (χ1n) is 12.1. The fraction of sp³-hybridized carbons (Fsp3) is 0.179. The molecule has 0 atom stereocenters. The molecule has 0 radical (unpaired) electrons. The van der Waals surface area contributed by atoms with Crippen molar-refractivity contribution in [2.75, 3.05) is 16.8 Å². The summed E-state index contributed by atoms with van der Waals surface area (Å²) in [5.41, 5.74) is 4.48. The van der Waals surface area contributed by atoms with Crippen molar-refractivity contribution in [3.05, 3.63) is 96.6 Å². The number of hydrogen-bond acceptors (Lipinski definition) is 7. The Morgan fingerprint density at radius 1 is 0.946 bits per heavy atom. The molecule has 0 amide bonds. The van der Waals surface area contributed by atoms with Crippen molar-refractivity contribution >= 4 is 17.2 Å². The maximum atomic E-state index is 14.4. The SMILES string of the molecule is CC(C)CN(Cc1ccccc1)c1cc(Nc2cccnc2F)cc(-c2ccccc2-c2nn[nH]n2)n1. The van der Waals surface area contributed by atoms with Crippen LogP contribution in [0.1, 0.15) is 19.4 Å². The molecule has 0 bridgehead atoms. The highest BCUT2D eigenvalue weighted by molar-refractivity contribution is 5.81. The Kier molecular flexibility index (Phi) is 7.12. The van der Waals surface area contributed by atoms with E-state index in [1.807, 2.05) is 54.6 Å². The van der Waals surface area contributed by atoms with Crippen molar-refractivity contribution in [1.29, 1.82) is 0 Å². The highest BCUT2D eigenvalue weighted by Gasteiger charge is 2.18. The largest absolute Gasteiger partial charge is 0.352 e. The van der Waals surface area contributed by atoms with Gasteiger partial charge in [0, 0.05) is 42.2 Å². The van der Waals surface area contributed by atoms with Crippen molar-refractivity contribution in [3.63, 3.8) is 0 Å². The lowest BCUT2D eigenvalue weighted by molar-refractivity contribution is 0.588. The molecule has 3 aromatic heterocycles. The fourth-order valence-electron chi connectivity index (χ4n) is 4.18. The minimum Gasteiger partial charge on any atom is -0.352 e. The molecule has 5 aromatic rings. The molecule has 37 heavy (non-hydrogen) atoms. The Balaban J connectivity index is 1.63. The van der Waals surface area contributed by atoms with E-state index in [-0.39, 0.29) is 5.69 Å². The number of pyridine rings is 2. The Hall–Kier alpha value is -4.66. The highest BCUT2D eigenvalue weighted by atomic mass is 19.1. The molecule has 3 heterocycles. The molecule has 2 N–H and O–H groups in total. The summed E-state index contributed by atoms with van der Waals surface area (Å²) >= 11 is 0. The number of anilines is 3. The van der Waals surface area contributed by atoms with Gasteiger partial charge in [0.1, 0.15) is 5.82 Å². The Morgan fingerprint density at radius 3 is 2.46 bits per heavy atom. The number of aromatic nitrogens is 6. The number of halogens is 1. The monoisotopic (exact) mass is 494 g/mol. The van der Waals surface area contributed by atoms with Gasteiger partial charge in [-0.2, -0.15) is 9.60 Å². The Morgan fingerprint density at radius 2 is 1.73 bits per heavy atom. The molecule has 5 rings (SSSR count). The van der Waals surface area contributed by atoms with Gasteiger partial charge in [0.15, 0.2) is 0 Å². The van der Waals surface area contributed by atoms with E-state index in [1.165, 1.54) is 11.8 Å². The van der Waals surface area contributed by atoms with Gasteiger partial charge in [0.25, 0.3) is 0 Å². The summed E-state index contributed by atoms with van der Waals surface area (Å²) < 4.78 is 14.4. The molecule has 2 aromatic carbocycles.